The number of anilines is 1. The number of amides is 1. The van der Waals surface area contributed by atoms with Crippen LogP contribution >= 0.6 is 0 Å². The van der Waals surface area contributed by atoms with Gasteiger partial charge in [0, 0.05) is 42.9 Å². The maximum atomic E-state index is 13.5. The summed E-state index contributed by atoms with van der Waals surface area (Å²) in [6.45, 7) is 4.99. The normalized spacial score (nSPS) is 25.2. The maximum absolute atomic E-state index is 13.5. The van der Waals surface area contributed by atoms with Crippen molar-refractivity contribution in [3.8, 4) is 0 Å². The molecule has 2 aliphatic rings. The Bertz CT molecular complexity index is 964. The second-order valence-corrected chi connectivity index (χ2v) is 9.35. The zero-order chi connectivity index (χ0) is 22.9. The van der Waals surface area contributed by atoms with Crippen LogP contribution in [0.15, 0.2) is 30.5 Å². The Labute approximate surface area is 187 Å². The van der Waals surface area contributed by atoms with Gasteiger partial charge in [0.25, 0.3) is 0 Å². The highest BCUT2D eigenvalue weighted by atomic mass is 19.4. The van der Waals surface area contributed by atoms with E-state index < -0.39 is 11.7 Å². The van der Waals surface area contributed by atoms with Crippen molar-refractivity contribution in [2.45, 2.75) is 44.8 Å². The van der Waals surface area contributed by atoms with E-state index in [2.05, 4.69) is 34.1 Å². The van der Waals surface area contributed by atoms with E-state index >= 15 is 0 Å². The summed E-state index contributed by atoms with van der Waals surface area (Å²) in [6.07, 6.45) is 1.18. The Morgan fingerprint density at radius 2 is 2.03 bits per heavy atom. The van der Waals surface area contributed by atoms with Gasteiger partial charge in [-0.3, -0.25) is 9.78 Å². The van der Waals surface area contributed by atoms with Crippen LogP contribution in [0.25, 0.3) is 10.9 Å². The lowest BCUT2D eigenvalue weighted by atomic mass is 9.88. The Morgan fingerprint density at radius 1 is 1.22 bits per heavy atom. The summed E-state index contributed by atoms with van der Waals surface area (Å²) in [5.74, 6) is 0.0994. The van der Waals surface area contributed by atoms with Crippen molar-refractivity contribution >= 4 is 22.5 Å². The third-order valence-electron chi connectivity index (χ3n) is 6.86. The van der Waals surface area contributed by atoms with E-state index in [4.69, 9.17) is 0 Å². The first-order valence-electron chi connectivity index (χ1n) is 11.4. The topological polar surface area (TPSA) is 48.5 Å². The van der Waals surface area contributed by atoms with Crippen LogP contribution < -0.4 is 10.2 Å². The van der Waals surface area contributed by atoms with Crippen molar-refractivity contribution in [3.05, 3.63) is 36.0 Å². The monoisotopic (exact) mass is 448 g/mol. The largest absolute Gasteiger partial charge is 0.418 e. The zero-order valence-corrected chi connectivity index (χ0v) is 18.7. The molecule has 0 saturated carbocycles. The molecular weight excluding hydrogens is 417 g/mol. The first-order chi connectivity index (χ1) is 15.2. The standard InChI is InChI=1S/C24H31F3N4O/c1-16-12-17(23(32)29-13-18-6-3-4-11-30(18)2)15-31(14-16)21-9-8-20(24(25,26)27)22-19(21)7-5-10-28-22/h5,7-10,16-18H,3-4,6,11-15H2,1-2H3,(H,29,32). The molecule has 2 aliphatic heterocycles. The summed E-state index contributed by atoms with van der Waals surface area (Å²) < 4.78 is 40.4. The fraction of sp³-hybridized carbons (Fsp3) is 0.583. The van der Waals surface area contributed by atoms with Gasteiger partial charge in [0.05, 0.1) is 17.0 Å². The summed E-state index contributed by atoms with van der Waals surface area (Å²) in [6, 6.07) is 6.34. The molecule has 5 nitrogen and oxygen atoms in total. The number of nitrogens with one attached hydrogen (secondary N) is 1. The number of aromatic nitrogens is 1. The average molecular weight is 449 g/mol. The number of alkyl halides is 3. The zero-order valence-electron chi connectivity index (χ0n) is 18.7. The van der Waals surface area contributed by atoms with Crippen LogP contribution in [0.1, 0.15) is 38.2 Å². The van der Waals surface area contributed by atoms with E-state index in [1.165, 1.54) is 25.1 Å². The number of pyridine rings is 1. The highest BCUT2D eigenvalue weighted by Crippen LogP contribution is 2.39. The maximum Gasteiger partial charge on any atom is 0.418 e. The first kappa shape index (κ1) is 22.8. The molecule has 0 radical (unpaired) electrons. The minimum Gasteiger partial charge on any atom is -0.370 e. The molecule has 0 aliphatic carbocycles. The minimum absolute atomic E-state index is 0.0369. The Kier molecular flexibility index (Phi) is 6.60. The third kappa shape index (κ3) is 4.85. The van der Waals surface area contributed by atoms with Gasteiger partial charge in [0.15, 0.2) is 0 Å². The van der Waals surface area contributed by atoms with Crippen molar-refractivity contribution in [1.82, 2.24) is 15.2 Å². The Hall–Kier alpha value is -2.35. The molecule has 8 heteroatoms. The van der Waals surface area contributed by atoms with E-state index in [-0.39, 0.29) is 23.3 Å². The van der Waals surface area contributed by atoms with Gasteiger partial charge in [0.2, 0.25) is 5.91 Å². The van der Waals surface area contributed by atoms with E-state index in [0.717, 1.165) is 25.5 Å². The smallest absolute Gasteiger partial charge is 0.370 e. The van der Waals surface area contributed by atoms with Gasteiger partial charge in [-0.15, -0.1) is 0 Å². The van der Waals surface area contributed by atoms with Gasteiger partial charge in [-0.05, 0) is 63.0 Å². The minimum atomic E-state index is -4.46. The molecule has 32 heavy (non-hydrogen) atoms. The number of nitrogens with zero attached hydrogens (tertiary/aromatic N) is 3. The lowest BCUT2D eigenvalue weighted by molar-refractivity contribution is -0.136. The number of halogens is 3. The van der Waals surface area contributed by atoms with E-state index in [1.807, 2.05) is 0 Å². The molecule has 4 rings (SSSR count). The molecule has 0 bridgehead atoms. The molecule has 0 spiro atoms. The fourth-order valence-corrected chi connectivity index (χ4v) is 5.17. The second kappa shape index (κ2) is 9.25. The van der Waals surface area contributed by atoms with Gasteiger partial charge in [0.1, 0.15) is 0 Å². The number of carbonyl (C=O) groups is 1. The molecular formula is C24H31F3N4O. The number of carbonyl (C=O) groups excluding carboxylic acids is 1. The van der Waals surface area contributed by atoms with Crippen molar-refractivity contribution in [1.29, 1.82) is 0 Å². The van der Waals surface area contributed by atoms with Crippen LogP contribution in [-0.4, -0.2) is 55.1 Å². The number of rotatable bonds is 4. The van der Waals surface area contributed by atoms with Gasteiger partial charge in [-0.2, -0.15) is 13.2 Å². The number of piperidine rings is 2. The molecule has 1 aromatic heterocycles. The molecule has 1 aromatic carbocycles. The van der Waals surface area contributed by atoms with Gasteiger partial charge >= 0.3 is 6.18 Å². The average Bonchev–Trinajstić information content (AvgIpc) is 2.76. The lowest BCUT2D eigenvalue weighted by Gasteiger charge is -2.38. The summed E-state index contributed by atoms with van der Waals surface area (Å²) in [5.41, 5.74) is -0.0673. The quantitative estimate of drug-likeness (QED) is 0.757. The number of likely N-dealkylation sites (tertiary alicyclic amines) is 1. The summed E-state index contributed by atoms with van der Waals surface area (Å²) in [5, 5.41) is 3.61. The highest BCUT2D eigenvalue weighted by Gasteiger charge is 2.35. The molecule has 2 fully saturated rings. The molecule has 174 valence electrons. The fourth-order valence-electron chi connectivity index (χ4n) is 5.17. The molecule has 1 amide bonds. The van der Waals surface area contributed by atoms with Gasteiger partial charge in [-0.1, -0.05) is 13.3 Å². The Morgan fingerprint density at radius 3 is 2.78 bits per heavy atom. The molecule has 2 aromatic rings. The van der Waals surface area contributed by atoms with E-state index in [9.17, 15) is 18.0 Å². The molecule has 3 heterocycles. The highest BCUT2D eigenvalue weighted by molar-refractivity contribution is 5.94. The van der Waals surface area contributed by atoms with Crippen LogP contribution in [0.5, 0.6) is 0 Å². The SMILES string of the molecule is CC1CC(C(=O)NCC2CCCCN2C)CN(c2ccc(C(F)(F)F)c3ncccc23)C1. The predicted molar refractivity (Wildman–Crippen MR) is 120 cm³/mol. The van der Waals surface area contributed by atoms with E-state index in [0.29, 0.717) is 36.7 Å². The molecule has 1 N–H and O–H groups in total. The van der Waals surface area contributed by atoms with Crippen molar-refractivity contribution in [2.24, 2.45) is 11.8 Å². The van der Waals surface area contributed by atoms with Crippen molar-refractivity contribution in [3.63, 3.8) is 0 Å². The van der Waals surface area contributed by atoms with Crippen LogP contribution in [0, 0.1) is 11.8 Å². The summed E-state index contributed by atoms with van der Waals surface area (Å²) in [7, 11) is 2.10. The van der Waals surface area contributed by atoms with E-state index in [1.54, 1.807) is 12.1 Å². The third-order valence-corrected chi connectivity index (χ3v) is 6.86. The van der Waals surface area contributed by atoms with Gasteiger partial charge < -0.3 is 15.1 Å². The Balaban J connectivity index is 1.52. The number of likely N-dealkylation sites (N-methyl/N-ethyl adjacent to an activating group) is 1. The summed E-state index contributed by atoms with van der Waals surface area (Å²) >= 11 is 0. The molecule has 2 saturated heterocycles. The predicted octanol–water partition coefficient (Wildman–Crippen LogP) is 4.32. The van der Waals surface area contributed by atoms with Crippen LogP contribution in [-0.2, 0) is 11.0 Å². The van der Waals surface area contributed by atoms with Crippen molar-refractivity contribution in [2.75, 3.05) is 38.1 Å². The summed E-state index contributed by atoms with van der Waals surface area (Å²) in [4.78, 5) is 21.4. The number of fused-ring (bicyclic) bond motifs is 1. The van der Waals surface area contributed by atoms with Crippen LogP contribution in [0.2, 0.25) is 0 Å². The molecule has 3 atom stereocenters. The number of hydrogen-bond acceptors (Lipinski definition) is 4. The van der Waals surface area contributed by atoms with Crippen LogP contribution in [0.4, 0.5) is 18.9 Å². The van der Waals surface area contributed by atoms with Crippen molar-refractivity contribution < 1.29 is 18.0 Å². The lowest BCUT2D eigenvalue weighted by Crippen LogP contribution is -2.49. The number of benzene rings is 1. The first-order valence-corrected chi connectivity index (χ1v) is 11.4. The number of hydrogen-bond donors (Lipinski definition) is 1. The molecule has 3 unspecified atom stereocenters. The van der Waals surface area contributed by atoms with Crippen LogP contribution in [0.3, 0.4) is 0 Å². The van der Waals surface area contributed by atoms with Gasteiger partial charge in [-0.25, -0.2) is 0 Å². The second-order valence-electron chi connectivity index (χ2n) is 9.35.